The van der Waals surface area contributed by atoms with Crippen LogP contribution >= 0.6 is 0 Å². The van der Waals surface area contributed by atoms with Crippen LogP contribution in [-0.4, -0.2) is 57.6 Å². The third-order valence-corrected chi connectivity index (χ3v) is 9.87. The van der Waals surface area contributed by atoms with Crippen molar-refractivity contribution in [1.82, 2.24) is 25.7 Å². The fourth-order valence-electron chi connectivity index (χ4n) is 6.65. The zero-order valence-electron chi connectivity index (χ0n) is 33.0. The second-order valence-corrected chi connectivity index (χ2v) is 14.1. The van der Waals surface area contributed by atoms with E-state index in [9.17, 15) is 14.4 Å². The minimum Gasteiger partial charge on any atom is -0.370 e. The van der Waals surface area contributed by atoms with Gasteiger partial charge in [-0.3, -0.25) is 14.4 Å². The lowest BCUT2D eigenvalue weighted by atomic mass is 10.0. The molecule has 0 aliphatic carbocycles. The molecule has 0 spiro atoms. The van der Waals surface area contributed by atoms with E-state index in [-0.39, 0.29) is 43.3 Å². The molecule has 294 valence electrons. The average molecular weight is 782 g/mol. The van der Waals surface area contributed by atoms with Gasteiger partial charge in [0, 0.05) is 61.3 Å². The van der Waals surface area contributed by atoms with E-state index in [2.05, 4.69) is 59.6 Å². The summed E-state index contributed by atoms with van der Waals surface area (Å²) in [6.45, 7) is 6.12. The molecule has 0 radical (unpaired) electrons. The van der Waals surface area contributed by atoms with Crippen LogP contribution in [0.25, 0.3) is 11.4 Å². The van der Waals surface area contributed by atoms with Crippen molar-refractivity contribution >= 4 is 40.3 Å². The third-order valence-electron chi connectivity index (χ3n) is 9.87. The molecular weight excluding hydrogens is 739 g/mol. The van der Waals surface area contributed by atoms with Gasteiger partial charge in [0.25, 0.3) is 0 Å². The van der Waals surface area contributed by atoms with E-state index in [1.807, 2.05) is 121 Å². The summed E-state index contributed by atoms with van der Waals surface area (Å²) in [5.74, 6) is 7.22. The first-order valence-corrected chi connectivity index (χ1v) is 19.6. The van der Waals surface area contributed by atoms with Crippen LogP contribution in [0.1, 0.15) is 53.4 Å². The van der Waals surface area contributed by atoms with E-state index in [0.29, 0.717) is 42.7 Å². The Labute approximate surface area is 343 Å². The monoisotopic (exact) mass is 781 g/mol. The minimum absolute atomic E-state index is 0.00957. The van der Waals surface area contributed by atoms with Gasteiger partial charge in [-0.05, 0) is 85.1 Å². The normalized spacial score (nSPS) is 11.7. The lowest BCUT2D eigenvalue weighted by Gasteiger charge is -2.26. The minimum atomic E-state index is -0.110. The Morgan fingerprint density at radius 1 is 0.712 bits per heavy atom. The van der Waals surface area contributed by atoms with Crippen molar-refractivity contribution < 1.29 is 14.4 Å². The Bertz CT molecular complexity index is 2510. The van der Waals surface area contributed by atoms with Gasteiger partial charge in [-0.15, -0.1) is 20.4 Å². The molecule has 0 bridgehead atoms. The number of aryl methyl sites for hydroxylation is 1. The van der Waals surface area contributed by atoms with E-state index in [1.54, 1.807) is 11.8 Å². The van der Waals surface area contributed by atoms with E-state index >= 15 is 0 Å². The molecule has 7 rings (SSSR count). The lowest BCUT2D eigenvalue weighted by Crippen LogP contribution is -2.35. The summed E-state index contributed by atoms with van der Waals surface area (Å²) in [5.41, 5.74) is 8.33. The standard InChI is InChI=1S/C47H43N9O3/c1-3-55(29-28-48-45(58)31-35-12-16-38(17-13-35)47-53-49-33(2)50-54-47)42-24-22-41(23-25-42)52-51-40-20-14-34(15-21-40)30-43(57)26-27-46(59)56-32-39-10-5-4-8-36(39)18-19-37-9-6-7-11-44(37)56/h4-17,20-25H,3,26-32H2,1-2H3,(H,48,58). The van der Waals surface area contributed by atoms with E-state index in [0.717, 1.165) is 51.3 Å². The highest BCUT2D eigenvalue weighted by Gasteiger charge is 2.22. The number of Topliss-reactive ketones (excluding diaryl/α,β-unsaturated/α-hetero) is 1. The quantitative estimate of drug-likeness (QED) is 0.0825. The summed E-state index contributed by atoms with van der Waals surface area (Å²) in [6.07, 6.45) is 0.748. The molecule has 0 atom stereocenters. The van der Waals surface area contributed by atoms with Crippen molar-refractivity contribution in [3.63, 3.8) is 0 Å². The molecule has 1 aromatic heterocycles. The predicted molar refractivity (Wildman–Crippen MR) is 227 cm³/mol. The maximum atomic E-state index is 13.5. The number of rotatable bonds is 15. The third kappa shape index (κ3) is 10.7. The summed E-state index contributed by atoms with van der Waals surface area (Å²) in [6, 6.07) is 38.2. The van der Waals surface area contributed by atoms with Gasteiger partial charge in [-0.1, -0.05) is 78.6 Å². The number of para-hydroxylation sites is 1. The molecule has 2 amide bonds. The van der Waals surface area contributed by atoms with Crippen molar-refractivity contribution in [2.75, 3.05) is 29.4 Å². The Kier molecular flexibility index (Phi) is 12.9. The van der Waals surface area contributed by atoms with Gasteiger partial charge < -0.3 is 15.1 Å². The molecule has 0 unspecified atom stereocenters. The number of azo groups is 1. The van der Waals surface area contributed by atoms with Gasteiger partial charge in [0.2, 0.25) is 17.6 Å². The fraction of sp³-hybridized carbons (Fsp3) is 0.213. The van der Waals surface area contributed by atoms with E-state index < -0.39 is 0 Å². The van der Waals surface area contributed by atoms with Crippen molar-refractivity contribution in [3.8, 4) is 23.2 Å². The summed E-state index contributed by atoms with van der Waals surface area (Å²) >= 11 is 0. The number of likely N-dealkylation sites (N-methyl/N-ethyl adjacent to an activating group) is 1. The van der Waals surface area contributed by atoms with Crippen LogP contribution in [0.5, 0.6) is 0 Å². The molecule has 0 saturated heterocycles. The number of nitrogens with zero attached hydrogens (tertiary/aromatic N) is 8. The molecule has 12 heteroatoms. The Balaban J connectivity index is 0.849. The second-order valence-electron chi connectivity index (χ2n) is 14.1. The molecule has 1 aliphatic heterocycles. The molecule has 0 fully saturated rings. The molecule has 0 saturated carbocycles. The van der Waals surface area contributed by atoms with Gasteiger partial charge in [-0.25, -0.2) is 0 Å². The number of nitrogens with one attached hydrogen (secondary N) is 1. The number of hydrogen-bond acceptors (Lipinski definition) is 10. The highest BCUT2D eigenvalue weighted by molar-refractivity contribution is 5.97. The fourth-order valence-corrected chi connectivity index (χ4v) is 6.65. The maximum Gasteiger partial charge on any atom is 0.227 e. The topological polar surface area (TPSA) is 146 Å². The van der Waals surface area contributed by atoms with Crippen molar-refractivity contribution in [3.05, 3.63) is 155 Å². The Morgan fingerprint density at radius 3 is 2.03 bits per heavy atom. The SMILES string of the molecule is CCN(CCNC(=O)Cc1ccc(-c2nnc(C)nn2)cc1)c1ccc(N=Nc2ccc(CC(=O)CCC(=O)N3Cc4ccccc4C#Cc4ccccc43)cc2)cc1. The molecule has 1 N–H and O–H groups in total. The zero-order chi connectivity index (χ0) is 41.0. The molecule has 59 heavy (non-hydrogen) atoms. The molecule has 1 aliphatic rings. The Hall–Kier alpha value is -7.39. The number of carbonyl (C=O) groups excluding carboxylic acids is 3. The van der Waals surface area contributed by atoms with Gasteiger partial charge in [0.15, 0.2) is 5.82 Å². The van der Waals surface area contributed by atoms with Gasteiger partial charge >= 0.3 is 0 Å². The number of ketones is 1. The van der Waals surface area contributed by atoms with Crippen LogP contribution in [0.2, 0.25) is 0 Å². The van der Waals surface area contributed by atoms with Crippen molar-refractivity contribution in [2.45, 2.75) is 46.1 Å². The summed E-state index contributed by atoms with van der Waals surface area (Å²) in [5, 5.41) is 27.8. The number of aromatic nitrogens is 4. The molecule has 2 heterocycles. The highest BCUT2D eigenvalue weighted by Crippen LogP contribution is 2.27. The zero-order valence-corrected chi connectivity index (χ0v) is 33.0. The van der Waals surface area contributed by atoms with Crippen LogP contribution < -0.4 is 15.1 Å². The van der Waals surface area contributed by atoms with Crippen LogP contribution in [0.3, 0.4) is 0 Å². The summed E-state index contributed by atoms with van der Waals surface area (Å²) < 4.78 is 0. The van der Waals surface area contributed by atoms with Gasteiger partial charge in [0.1, 0.15) is 5.78 Å². The first-order valence-electron chi connectivity index (χ1n) is 19.6. The number of anilines is 2. The van der Waals surface area contributed by atoms with E-state index in [1.165, 1.54) is 0 Å². The second kappa shape index (κ2) is 19.2. The largest absolute Gasteiger partial charge is 0.370 e. The lowest BCUT2D eigenvalue weighted by molar-refractivity contribution is -0.123. The number of carbonyl (C=O) groups is 3. The highest BCUT2D eigenvalue weighted by atomic mass is 16.2. The molecular formula is C47H43N9O3. The van der Waals surface area contributed by atoms with Crippen LogP contribution in [0.4, 0.5) is 22.7 Å². The van der Waals surface area contributed by atoms with Crippen molar-refractivity contribution in [2.24, 2.45) is 10.2 Å². The number of fused-ring (bicyclic) bond motifs is 2. The van der Waals surface area contributed by atoms with Gasteiger partial charge in [0.05, 0.1) is 30.0 Å². The summed E-state index contributed by atoms with van der Waals surface area (Å²) in [4.78, 5) is 43.1. The number of hydrogen-bond donors (Lipinski definition) is 1. The first-order chi connectivity index (χ1) is 28.8. The van der Waals surface area contributed by atoms with Crippen LogP contribution in [0.15, 0.2) is 132 Å². The Morgan fingerprint density at radius 2 is 1.32 bits per heavy atom. The smallest absolute Gasteiger partial charge is 0.227 e. The van der Waals surface area contributed by atoms with E-state index in [4.69, 9.17) is 0 Å². The molecule has 12 nitrogen and oxygen atoms in total. The number of benzene rings is 5. The maximum absolute atomic E-state index is 13.5. The van der Waals surface area contributed by atoms with Crippen molar-refractivity contribution in [1.29, 1.82) is 0 Å². The number of amides is 2. The molecule has 5 aromatic carbocycles. The van der Waals surface area contributed by atoms with Crippen LogP contribution in [0, 0.1) is 18.8 Å². The first kappa shape index (κ1) is 39.8. The van der Waals surface area contributed by atoms with Gasteiger partial charge in [-0.2, -0.15) is 10.2 Å². The average Bonchev–Trinajstić information content (AvgIpc) is 3.26. The molecule has 6 aromatic rings. The summed E-state index contributed by atoms with van der Waals surface area (Å²) in [7, 11) is 0. The predicted octanol–water partition coefficient (Wildman–Crippen LogP) is 7.68. The van der Waals surface area contributed by atoms with Crippen LogP contribution in [-0.2, 0) is 33.8 Å².